The fourth-order valence-corrected chi connectivity index (χ4v) is 5.90. The van der Waals surface area contributed by atoms with Crippen LogP contribution < -0.4 is 9.64 Å². The Bertz CT molecular complexity index is 850. The van der Waals surface area contributed by atoms with Gasteiger partial charge in [0.25, 0.3) is 0 Å². The van der Waals surface area contributed by atoms with Gasteiger partial charge in [0.1, 0.15) is 5.75 Å². The van der Waals surface area contributed by atoms with Gasteiger partial charge in [-0.15, -0.1) is 0 Å². The second-order valence-electron chi connectivity index (χ2n) is 7.73. The van der Waals surface area contributed by atoms with E-state index in [0.717, 1.165) is 43.7 Å². The second kappa shape index (κ2) is 7.32. The Morgan fingerprint density at radius 3 is 2.37 bits per heavy atom. The van der Waals surface area contributed by atoms with Crippen molar-refractivity contribution in [3.05, 3.63) is 42.5 Å². The summed E-state index contributed by atoms with van der Waals surface area (Å²) in [6.45, 7) is 5.80. The number of allylic oxidation sites excluding steroid dienone is 3. The van der Waals surface area contributed by atoms with Crippen LogP contribution in [0.15, 0.2) is 47.4 Å². The molecule has 1 aromatic rings. The lowest BCUT2D eigenvalue weighted by Crippen LogP contribution is -2.47. The summed E-state index contributed by atoms with van der Waals surface area (Å²) in [5.74, 6) is 0.702. The topological polar surface area (TPSA) is 49.9 Å². The molecule has 146 valence electrons. The van der Waals surface area contributed by atoms with E-state index in [-0.39, 0.29) is 5.92 Å². The average Bonchev–Trinajstić information content (AvgIpc) is 3.53. The lowest BCUT2D eigenvalue weighted by Gasteiger charge is -2.37. The Kier molecular flexibility index (Phi) is 5.03. The number of hydrogen-bond acceptors (Lipinski definition) is 5. The largest absolute Gasteiger partial charge is 0.495 e. The minimum atomic E-state index is -3.44. The third-order valence-corrected chi connectivity index (χ3v) is 8.11. The lowest BCUT2D eigenvalue weighted by atomic mass is 10.0. The van der Waals surface area contributed by atoms with Crippen molar-refractivity contribution < 1.29 is 13.2 Å². The van der Waals surface area contributed by atoms with Gasteiger partial charge < -0.3 is 9.64 Å². The minimum absolute atomic E-state index is 0.0346. The highest BCUT2D eigenvalue weighted by molar-refractivity contribution is 7.92. The SMILES string of the molecule is COc1ccc(S(=O)(=O)C2C=CC=CC2C)cc1N1CCN(C2CC2)CC1. The number of piperazine rings is 1. The van der Waals surface area contributed by atoms with E-state index >= 15 is 0 Å². The van der Waals surface area contributed by atoms with Gasteiger partial charge in [-0.3, -0.25) is 4.90 Å². The zero-order chi connectivity index (χ0) is 19.0. The highest BCUT2D eigenvalue weighted by Crippen LogP contribution is 2.35. The molecule has 5 nitrogen and oxygen atoms in total. The average molecular weight is 389 g/mol. The van der Waals surface area contributed by atoms with Crippen molar-refractivity contribution in [3.63, 3.8) is 0 Å². The summed E-state index contributed by atoms with van der Waals surface area (Å²) in [5.41, 5.74) is 0.886. The van der Waals surface area contributed by atoms with Crippen LogP contribution in [0.2, 0.25) is 0 Å². The predicted octanol–water partition coefficient (Wildman–Crippen LogP) is 2.88. The van der Waals surface area contributed by atoms with Crippen LogP contribution in [0.1, 0.15) is 19.8 Å². The van der Waals surface area contributed by atoms with E-state index < -0.39 is 15.1 Å². The first kappa shape index (κ1) is 18.6. The van der Waals surface area contributed by atoms with E-state index in [1.54, 1.807) is 31.4 Å². The van der Waals surface area contributed by atoms with Crippen molar-refractivity contribution in [2.24, 2.45) is 5.92 Å². The molecule has 4 rings (SSSR count). The molecule has 2 fully saturated rings. The Labute approximate surface area is 162 Å². The normalized spacial score (nSPS) is 26.4. The van der Waals surface area contributed by atoms with Gasteiger partial charge in [-0.1, -0.05) is 31.2 Å². The van der Waals surface area contributed by atoms with Crippen molar-refractivity contribution in [1.82, 2.24) is 4.90 Å². The van der Waals surface area contributed by atoms with Crippen LogP contribution in [0.3, 0.4) is 0 Å². The summed E-state index contributed by atoms with van der Waals surface area (Å²) in [6.07, 6.45) is 10.1. The van der Waals surface area contributed by atoms with Gasteiger partial charge in [-0.2, -0.15) is 0 Å². The molecule has 0 amide bonds. The van der Waals surface area contributed by atoms with Crippen molar-refractivity contribution >= 4 is 15.5 Å². The van der Waals surface area contributed by atoms with Gasteiger partial charge in [0.15, 0.2) is 9.84 Å². The van der Waals surface area contributed by atoms with Crippen molar-refractivity contribution in [2.45, 2.75) is 36.0 Å². The molecule has 1 saturated carbocycles. The zero-order valence-corrected chi connectivity index (χ0v) is 16.9. The van der Waals surface area contributed by atoms with Gasteiger partial charge in [0, 0.05) is 32.2 Å². The number of sulfone groups is 1. The van der Waals surface area contributed by atoms with Gasteiger partial charge in [0.05, 0.1) is 22.9 Å². The van der Waals surface area contributed by atoms with Gasteiger partial charge in [-0.05, 0) is 37.0 Å². The third-order valence-electron chi connectivity index (χ3n) is 5.90. The van der Waals surface area contributed by atoms with Crippen LogP contribution >= 0.6 is 0 Å². The summed E-state index contributed by atoms with van der Waals surface area (Å²) in [5, 5.41) is -0.518. The first-order valence-electron chi connectivity index (χ1n) is 9.76. The Balaban J connectivity index is 1.61. The Morgan fingerprint density at radius 1 is 1.04 bits per heavy atom. The molecule has 1 aromatic carbocycles. The molecule has 0 N–H and O–H groups in total. The molecule has 6 heteroatoms. The highest BCUT2D eigenvalue weighted by Gasteiger charge is 2.33. The number of hydrogen-bond donors (Lipinski definition) is 0. The van der Waals surface area contributed by atoms with Crippen LogP contribution in [0.25, 0.3) is 0 Å². The lowest BCUT2D eigenvalue weighted by molar-refractivity contribution is 0.247. The maximum Gasteiger partial charge on any atom is 0.185 e. The first-order valence-corrected chi connectivity index (χ1v) is 11.3. The highest BCUT2D eigenvalue weighted by atomic mass is 32.2. The molecule has 0 radical (unpaired) electrons. The van der Waals surface area contributed by atoms with E-state index in [2.05, 4.69) is 9.80 Å². The van der Waals surface area contributed by atoms with Gasteiger partial charge in [-0.25, -0.2) is 8.42 Å². The fraction of sp³-hybridized carbons (Fsp3) is 0.524. The Hall–Kier alpha value is -1.79. The molecular formula is C21H28N2O3S. The van der Waals surface area contributed by atoms with Crippen LogP contribution in [0.5, 0.6) is 5.75 Å². The maximum absolute atomic E-state index is 13.2. The van der Waals surface area contributed by atoms with Crippen LogP contribution in [-0.2, 0) is 9.84 Å². The van der Waals surface area contributed by atoms with Gasteiger partial charge >= 0.3 is 0 Å². The van der Waals surface area contributed by atoms with Crippen molar-refractivity contribution in [2.75, 3.05) is 38.2 Å². The van der Waals surface area contributed by atoms with Crippen molar-refractivity contribution in [3.8, 4) is 5.75 Å². The summed E-state index contributed by atoms with van der Waals surface area (Å²) in [6, 6.07) is 6.05. The molecule has 1 aliphatic heterocycles. The van der Waals surface area contributed by atoms with Crippen LogP contribution in [0, 0.1) is 5.92 Å². The number of anilines is 1. The number of benzene rings is 1. The van der Waals surface area contributed by atoms with Crippen LogP contribution in [-0.4, -0.2) is 57.9 Å². The summed E-state index contributed by atoms with van der Waals surface area (Å²) in [4.78, 5) is 5.18. The molecule has 3 aliphatic rings. The van der Waals surface area contributed by atoms with E-state index in [4.69, 9.17) is 4.74 Å². The van der Waals surface area contributed by atoms with E-state index in [9.17, 15) is 8.42 Å². The minimum Gasteiger partial charge on any atom is -0.495 e. The molecule has 2 aliphatic carbocycles. The molecule has 1 heterocycles. The fourth-order valence-electron chi connectivity index (χ4n) is 4.10. The number of rotatable bonds is 5. The Morgan fingerprint density at radius 2 is 1.74 bits per heavy atom. The van der Waals surface area contributed by atoms with E-state index in [1.165, 1.54) is 12.8 Å². The quantitative estimate of drug-likeness (QED) is 0.776. The molecule has 0 bridgehead atoms. The van der Waals surface area contributed by atoms with Crippen molar-refractivity contribution in [1.29, 1.82) is 0 Å². The van der Waals surface area contributed by atoms with Gasteiger partial charge in [0.2, 0.25) is 0 Å². The molecule has 1 saturated heterocycles. The summed E-state index contributed by atoms with van der Waals surface area (Å²) in [7, 11) is -1.80. The maximum atomic E-state index is 13.2. The monoisotopic (exact) mass is 388 g/mol. The standard InChI is InChI=1S/C21H28N2O3S/c1-16-5-3-4-6-21(16)27(24,25)18-9-10-20(26-2)19(15-18)23-13-11-22(12-14-23)17-7-8-17/h3-6,9-10,15-17,21H,7-8,11-14H2,1-2H3. The molecule has 0 spiro atoms. The number of ether oxygens (including phenoxy) is 1. The second-order valence-corrected chi connectivity index (χ2v) is 9.83. The predicted molar refractivity (Wildman–Crippen MR) is 108 cm³/mol. The summed E-state index contributed by atoms with van der Waals surface area (Å²) >= 11 is 0. The third kappa shape index (κ3) is 3.65. The van der Waals surface area contributed by atoms with E-state index in [1.807, 2.05) is 25.2 Å². The number of nitrogens with zero attached hydrogens (tertiary/aromatic N) is 2. The van der Waals surface area contributed by atoms with E-state index in [0.29, 0.717) is 4.90 Å². The zero-order valence-electron chi connectivity index (χ0n) is 16.0. The molecular weight excluding hydrogens is 360 g/mol. The first-order chi connectivity index (χ1) is 13.0. The number of methoxy groups -OCH3 is 1. The molecule has 2 atom stereocenters. The molecule has 2 unspecified atom stereocenters. The smallest absolute Gasteiger partial charge is 0.185 e. The molecule has 27 heavy (non-hydrogen) atoms. The summed E-state index contributed by atoms with van der Waals surface area (Å²) < 4.78 is 32.0. The molecule has 0 aromatic heterocycles. The van der Waals surface area contributed by atoms with Crippen LogP contribution in [0.4, 0.5) is 5.69 Å².